The van der Waals surface area contributed by atoms with Gasteiger partial charge in [0, 0.05) is 12.5 Å². The first kappa shape index (κ1) is 18.2. The molecule has 0 fully saturated rings. The van der Waals surface area contributed by atoms with Crippen LogP contribution in [0.15, 0.2) is 35.5 Å². The predicted molar refractivity (Wildman–Crippen MR) is 73.0 cm³/mol. The number of carboxylic acid groups (broad SMARTS) is 1. The molecule has 4 nitrogen and oxygen atoms in total. The molecule has 0 bridgehead atoms. The molecule has 0 heterocycles. The van der Waals surface area contributed by atoms with Gasteiger partial charge in [0.15, 0.2) is 5.78 Å². The number of alkyl halides is 3. The summed E-state index contributed by atoms with van der Waals surface area (Å²) in [7, 11) is 0. The molecule has 0 saturated carbocycles. The van der Waals surface area contributed by atoms with Crippen molar-refractivity contribution in [2.75, 3.05) is 0 Å². The number of carbonyl (C=O) groups excluding carboxylic acids is 1. The summed E-state index contributed by atoms with van der Waals surface area (Å²) >= 11 is 0. The Morgan fingerprint density at radius 2 is 1.95 bits per heavy atom. The third-order valence-corrected chi connectivity index (χ3v) is 3.91. The highest BCUT2D eigenvalue weighted by atomic mass is 19.4. The topological polar surface area (TPSA) is 74.6 Å². The van der Waals surface area contributed by atoms with Crippen LogP contribution in [-0.2, 0) is 9.59 Å². The van der Waals surface area contributed by atoms with Gasteiger partial charge < -0.3 is 10.2 Å². The van der Waals surface area contributed by atoms with E-state index in [1.54, 1.807) is 0 Å². The summed E-state index contributed by atoms with van der Waals surface area (Å²) in [5, 5.41) is 19.2. The lowest BCUT2D eigenvalue weighted by Gasteiger charge is -2.46. The lowest BCUT2D eigenvalue weighted by atomic mass is 9.62. The maximum atomic E-state index is 13.4. The highest BCUT2D eigenvalue weighted by molar-refractivity contribution is 5.93. The van der Waals surface area contributed by atoms with Crippen LogP contribution in [0, 0.1) is 5.41 Å². The smallest absolute Gasteiger partial charge is 0.398 e. The largest absolute Gasteiger partial charge is 0.478 e. The minimum atomic E-state index is -4.82. The van der Waals surface area contributed by atoms with Crippen molar-refractivity contribution in [2.24, 2.45) is 5.41 Å². The zero-order chi connectivity index (χ0) is 17.3. The number of allylic oxidation sites excluding steroid dienone is 3. The van der Waals surface area contributed by atoms with Crippen LogP contribution in [0.3, 0.4) is 0 Å². The first-order chi connectivity index (χ1) is 9.83. The summed E-state index contributed by atoms with van der Waals surface area (Å²) < 4.78 is 40.3. The van der Waals surface area contributed by atoms with Crippen molar-refractivity contribution in [2.45, 2.75) is 39.0 Å². The van der Waals surface area contributed by atoms with E-state index in [0.29, 0.717) is 0 Å². The van der Waals surface area contributed by atoms with Gasteiger partial charge in [-0.25, -0.2) is 4.79 Å². The summed E-state index contributed by atoms with van der Waals surface area (Å²) in [6, 6.07) is 0. The van der Waals surface area contributed by atoms with Gasteiger partial charge >= 0.3 is 12.1 Å². The predicted octanol–water partition coefficient (Wildman–Crippen LogP) is 2.79. The van der Waals surface area contributed by atoms with Crippen LogP contribution in [0.5, 0.6) is 0 Å². The van der Waals surface area contributed by atoms with Crippen molar-refractivity contribution >= 4 is 11.8 Å². The van der Waals surface area contributed by atoms with Crippen LogP contribution >= 0.6 is 0 Å². The minimum absolute atomic E-state index is 0.136. The van der Waals surface area contributed by atoms with E-state index in [-0.39, 0.29) is 11.1 Å². The second-order valence-corrected chi connectivity index (χ2v) is 5.63. The van der Waals surface area contributed by atoms with E-state index in [9.17, 15) is 27.9 Å². The fourth-order valence-electron chi connectivity index (χ4n) is 2.45. The average Bonchev–Trinajstić information content (AvgIpc) is 2.31. The number of hydrogen-bond donors (Lipinski definition) is 2. The number of hydrogen-bond acceptors (Lipinski definition) is 3. The van der Waals surface area contributed by atoms with E-state index < -0.39 is 35.4 Å². The highest BCUT2D eigenvalue weighted by Gasteiger charge is 2.64. The molecule has 22 heavy (non-hydrogen) atoms. The normalized spacial score (nSPS) is 30.6. The number of carboxylic acids is 1. The van der Waals surface area contributed by atoms with Crippen LogP contribution in [0.1, 0.15) is 27.2 Å². The van der Waals surface area contributed by atoms with Crippen LogP contribution in [0.4, 0.5) is 13.2 Å². The van der Waals surface area contributed by atoms with Crippen molar-refractivity contribution in [1.29, 1.82) is 0 Å². The molecule has 0 aromatic rings. The molecule has 0 spiro atoms. The van der Waals surface area contributed by atoms with Crippen LogP contribution < -0.4 is 0 Å². The van der Waals surface area contributed by atoms with Crippen molar-refractivity contribution in [3.63, 3.8) is 0 Å². The molecule has 0 amide bonds. The Balaban J connectivity index is 3.41. The monoisotopic (exact) mass is 318 g/mol. The number of rotatable bonds is 3. The van der Waals surface area contributed by atoms with E-state index in [1.807, 2.05) is 0 Å². The third-order valence-electron chi connectivity index (χ3n) is 3.91. The Morgan fingerprint density at radius 1 is 1.41 bits per heavy atom. The van der Waals surface area contributed by atoms with Gasteiger partial charge in [-0.15, -0.1) is 0 Å². The molecule has 0 aromatic carbocycles. The Morgan fingerprint density at radius 3 is 2.41 bits per heavy atom. The van der Waals surface area contributed by atoms with Crippen molar-refractivity contribution in [3.05, 3.63) is 35.5 Å². The summed E-state index contributed by atoms with van der Waals surface area (Å²) in [6.45, 7) is 3.40. The second-order valence-electron chi connectivity index (χ2n) is 5.63. The molecule has 0 radical (unpaired) electrons. The third kappa shape index (κ3) is 3.14. The highest BCUT2D eigenvalue weighted by Crippen LogP contribution is 2.54. The zero-order valence-corrected chi connectivity index (χ0v) is 12.4. The van der Waals surface area contributed by atoms with Gasteiger partial charge in [-0.2, -0.15) is 13.2 Å². The summed E-state index contributed by atoms with van der Waals surface area (Å²) in [6.07, 6.45) is -1.91. The summed E-state index contributed by atoms with van der Waals surface area (Å²) in [5.74, 6) is -1.97. The van der Waals surface area contributed by atoms with Gasteiger partial charge in [0.05, 0.1) is 0 Å². The van der Waals surface area contributed by atoms with Crippen molar-refractivity contribution in [3.8, 4) is 0 Å². The van der Waals surface area contributed by atoms with Gasteiger partial charge in [0.25, 0.3) is 0 Å². The van der Waals surface area contributed by atoms with E-state index >= 15 is 0 Å². The number of halogens is 3. The second kappa shape index (κ2) is 5.72. The molecular formula is C15H17F3O4. The standard InChI is InChI=1S/C15H17F3O4/c1-9(6-12(20)21)4-5-14(22)10(2)7-11(19)8-13(14,3)15(16,17)18/h4-7,22H,8H2,1-3H3,(H,20,21)/b5-4+,9-6+. The quantitative estimate of drug-likeness (QED) is 0.620. The minimum Gasteiger partial charge on any atom is -0.478 e. The SMILES string of the molecule is CC1=CC(=O)CC(C)(C(F)(F)F)C1(O)/C=C/C(C)=C/C(=O)O. The first-order valence-electron chi connectivity index (χ1n) is 6.44. The molecule has 7 heteroatoms. The van der Waals surface area contributed by atoms with Gasteiger partial charge in [-0.3, -0.25) is 4.79 Å². The van der Waals surface area contributed by atoms with Crippen molar-refractivity contribution < 1.29 is 33.0 Å². The Kier molecular flexibility index (Phi) is 4.72. The molecule has 2 unspecified atom stereocenters. The lowest BCUT2D eigenvalue weighted by Crippen LogP contribution is -2.57. The number of ketones is 1. The first-order valence-corrected chi connectivity index (χ1v) is 6.44. The van der Waals surface area contributed by atoms with Crippen LogP contribution in [-0.4, -0.2) is 33.7 Å². The maximum Gasteiger partial charge on any atom is 0.398 e. The van der Waals surface area contributed by atoms with Crippen LogP contribution in [0.25, 0.3) is 0 Å². The van der Waals surface area contributed by atoms with Crippen molar-refractivity contribution in [1.82, 2.24) is 0 Å². The van der Waals surface area contributed by atoms with Crippen LogP contribution in [0.2, 0.25) is 0 Å². The average molecular weight is 318 g/mol. The van der Waals surface area contributed by atoms with Gasteiger partial charge in [0.1, 0.15) is 11.0 Å². The molecule has 0 aliphatic heterocycles. The maximum absolute atomic E-state index is 13.4. The molecule has 1 aliphatic carbocycles. The molecule has 0 saturated heterocycles. The van der Waals surface area contributed by atoms with E-state index in [1.165, 1.54) is 13.8 Å². The Hall–Kier alpha value is -1.89. The van der Waals surface area contributed by atoms with E-state index in [0.717, 1.165) is 31.2 Å². The van der Waals surface area contributed by atoms with E-state index in [2.05, 4.69) is 0 Å². The molecule has 1 rings (SSSR count). The van der Waals surface area contributed by atoms with Gasteiger partial charge in [-0.05, 0) is 44.1 Å². The lowest BCUT2D eigenvalue weighted by molar-refractivity contribution is -0.261. The molecule has 1 aliphatic rings. The molecule has 2 N–H and O–H groups in total. The van der Waals surface area contributed by atoms with E-state index in [4.69, 9.17) is 5.11 Å². The van der Waals surface area contributed by atoms with Gasteiger partial charge in [0.2, 0.25) is 0 Å². The molecular weight excluding hydrogens is 301 g/mol. The van der Waals surface area contributed by atoms with Gasteiger partial charge in [-0.1, -0.05) is 6.08 Å². The number of carbonyl (C=O) groups is 2. The number of aliphatic hydroxyl groups is 1. The molecule has 122 valence electrons. The fraction of sp³-hybridized carbons (Fsp3) is 0.467. The molecule has 0 aromatic heterocycles. The summed E-state index contributed by atoms with van der Waals surface area (Å²) in [5.41, 5.74) is -5.08. The molecule has 2 atom stereocenters. The Labute approximate surface area is 125 Å². The Bertz CT molecular complexity index is 586. The zero-order valence-electron chi connectivity index (χ0n) is 12.4. The fourth-order valence-corrected chi connectivity index (χ4v) is 2.45. The summed E-state index contributed by atoms with van der Waals surface area (Å²) in [4.78, 5) is 22.0. The number of aliphatic carboxylic acids is 1.